The van der Waals surface area contributed by atoms with Gasteiger partial charge in [0.2, 0.25) is 0 Å². The second kappa shape index (κ2) is 29.9. The summed E-state index contributed by atoms with van der Waals surface area (Å²) in [5, 5.41) is 31.6. The molecule has 21 nitrogen and oxygen atoms in total. The number of hydrogen-bond acceptors (Lipinski definition) is 14. The van der Waals surface area contributed by atoms with Crippen LogP contribution in [0.5, 0.6) is 0 Å². The molecule has 4 aromatic carbocycles. The van der Waals surface area contributed by atoms with Crippen LogP contribution in [0.3, 0.4) is 0 Å². The highest BCUT2D eigenvalue weighted by Gasteiger charge is 2.33. The first kappa shape index (κ1) is 68.5. The number of hydrogen-bond donors (Lipinski definition) is 4. The van der Waals surface area contributed by atoms with Crippen molar-refractivity contribution in [3.05, 3.63) is 185 Å². The van der Waals surface area contributed by atoms with Gasteiger partial charge in [0.25, 0.3) is 11.1 Å². The minimum absolute atomic E-state index is 0.0215. The van der Waals surface area contributed by atoms with Gasteiger partial charge in [0.05, 0.1) is 75.2 Å². The van der Waals surface area contributed by atoms with Crippen molar-refractivity contribution in [2.24, 2.45) is 5.10 Å². The van der Waals surface area contributed by atoms with Gasteiger partial charge in [-0.05, 0) is 184 Å². The number of nitriles is 2. The van der Waals surface area contributed by atoms with Crippen LogP contribution in [0.2, 0.25) is 0 Å². The Morgan fingerprint density at radius 2 is 1.11 bits per heavy atom. The molecule has 0 saturated carbocycles. The van der Waals surface area contributed by atoms with Gasteiger partial charge < -0.3 is 25.8 Å². The summed E-state index contributed by atoms with van der Waals surface area (Å²) in [6.07, 6.45) is -5.03. The SMILES string of the molecule is CC(C)(C)OC(=O)NCCCCCn1c(=O)c(-c2ccnn2-c2ccc(C#N)cc2)c(N)n(-c2cccc(C(F)(F)F)c2)c1=O.Cc1c(C#C/C=N\Nc2ccc(C#N)cc2)c(=O)n(CCCCCNC(=O)OC(C)(C)C)c(=O)n1-c1cccc(C(F)(F)F)c1. The Morgan fingerprint density at radius 1 is 0.633 bits per heavy atom. The molecule has 0 aliphatic carbocycles. The second-order valence-electron chi connectivity index (χ2n) is 22.1. The number of nitrogens with zero attached hydrogens (tertiary/aromatic N) is 9. The number of carbonyl (C=O) groups is 2. The Hall–Kier alpha value is -10.6. The summed E-state index contributed by atoms with van der Waals surface area (Å²) in [4.78, 5) is 78.2. The number of hydrazone groups is 1. The van der Waals surface area contributed by atoms with Crippen molar-refractivity contribution in [3.63, 3.8) is 0 Å². The van der Waals surface area contributed by atoms with Crippen LogP contribution in [0.4, 0.5) is 47.4 Å². The van der Waals surface area contributed by atoms with Gasteiger partial charge in [-0.1, -0.05) is 18.1 Å². The molecular weight excluding hydrogens is 1180 g/mol. The summed E-state index contributed by atoms with van der Waals surface area (Å²) >= 11 is 0. The first-order valence-electron chi connectivity index (χ1n) is 28.1. The van der Waals surface area contributed by atoms with E-state index in [1.807, 2.05) is 12.1 Å². The lowest BCUT2D eigenvalue weighted by Gasteiger charge is -2.19. The fourth-order valence-corrected chi connectivity index (χ4v) is 8.79. The minimum Gasteiger partial charge on any atom is -0.444 e. The zero-order valence-corrected chi connectivity index (χ0v) is 50.2. The largest absolute Gasteiger partial charge is 0.444 e. The minimum atomic E-state index is -4.69. The van der Waals surface area contributed by atoms with Crippen LogP contribution in [0.15, 0.2) is 134 Å². The second-order valence-corrected chi connectivity index (χ2v) is 22.1. The number of nitrogen functional groups attached to an aromatic ring is 1. The molecule has 90 heavy (non-hydrogen) atoms. The molecule has 5 N–H and O–H groups in total. The number of rotatable bonds is 18. The number of alkyl carbamates (subject to hydrolysis) is 2. The number of carbonyl (C=O) groups excluding carboxylic acids is 2. The Kier molecular flexibility index (Phi) is 22.7. The highest BCUT2D eigenvalue weighted by molar-refractivity contribution is 5.80. The number of nitrogens with one attached hydrogen (secondary N) is 3. The lowest BCUT2D eigenvalue weighted by molar-refractivity contribution is -0.138. The highest BCUT2D eigenvalue weighted by atomic mass is 19.4. The number of benzene rings is 4. The molecule has 0 aliphatic rings. The number of anilines is 2. The van der Waals surface area contributed by atoms with Crippen molar-refractivity contribution in [1.82, 2.24) is 38.7 Å². The maximum absolute atomic E-state index is 13.9. The van der Waals surface area contributed by atoms with Gasteiger partial charge in [0, 0.05) is 31.9 Å². The molecule has 7 rings (SSSR count). The molecule has 7 aromatic rings. The van der Waals surface area contributed by atoms with Crippen LogP contribution in [-0.4, -0.2) is 70.7 Å². The first-order chi connectivity index (χ1) is 42.4. The van der Waals surface area contributed by atoms with Gasteiger partial charge in [-0.15, -0.1) is 0 Å². The number of alkyl halides is 6. The first-order valence-corrected chi connectivity index (χ1v) is 28.1. The predicted octanol–water partition coefficient (Wildman–Crippen LogP) is 10.4. The normalized spacial score (nSPS) is 11.5. The summed E-state index contributed by atoms with van der Waals surface area (Å²) < 4.78 is 96.8. The van der Waals surface area contributed by atoms with E-state index in [9.17, 15) is 55.1 Å². The standard InChI is InChI=1S/C32H33F3N6O4.C31H32F3N7O4/c1-22-27(12-9-18-38-39-25-15-13-23(21-36)14-16-25)28(42)40(19-7-5-6-17-37-29(43)45-31(2,3)4)30(44)41(22)26-11-8-10-24(20-26)32(33,34)35;1-30(2,3)45-28(43)37-15-5-4-6-17-39-27(42)25(24-14-16-38-41(24)22-12-10-20(19-35)11-13-22)26(36)40(29(39)44)23-9-7-8-21(18-23)31(32,33)34/h8,10-11,13-16,18,20,39H,5-7,17,19H2,1-4H3,(H,37,43);7-14,16,18H,4-6,15,17,36H2,1-3H3,(H,37,43)/b38-18-;. The number of nitrogens with two attached hydrogens (primary N) is 1. The van der Waals surface area contributed by atoms with E-state index in [2.05, 4.69) is 38.1 Å². The maximum atomic E-state index is 13.9. The van der Waals surface area contributed by atoms with E-state index < -0.39 is 69.4 Å². The molecule has 0 saturated heterocycles. The van der Waals surface area contributed by atoms with Gasteiger partial charge >= 0.3 is 35.9 Å². The lowest BCUT2D eigenvalue weighted by Crippen LogP contribution is -2.42. The number of ether oxygens (including phenoxy) is 2. The third-order valence-electron chi connectivity index (χ3n) is 12.9. The number of aromatic nitrogens is 6. The van der Waals surface area contributed by atoms with Gasteiger partial charge in [0.1, 0.15) is 28.1 Å². The molecular formula is C63H65F6N13O8. The average Bonchev–Trinajstić information content (AvgIpc) is 1.13. The van der Waals surface area contributed by atoms with Gasteiger partial charge in [0.15, 0.2) is 0 Å². The van der Waals surface area contributed by atoms with Crippen LogP contribution >= 0.6 is 0 Å². The molecule has 0 fully saturated rings. The van der Waals surface area contributed by atoms with E-state index in [-0.39, 0.29) is 52.8 Å². The summed E-state index contributed by atoms with van der Waals surface area (Å²) in [6, 6.07) is 26.7. The molecule has 0 unspecified atom stereocenters. The van der Waals surface area contributed by atoms with Crippen LogP contribution in [-0.2, 0) is 34.9 Å². The number of unbranched alkanes of at least 4 members (excludes halogenated alkanes) is 4. The monoisotopic (exact) mass is 1250 g/mol. The Bertz CT molecular complexity index is 4140. The van der Waals surface area contributed by atoms with Crippen molar-refractivity contribution in [2.45, 2.75) is 124 Å². The van der Waals surface area contributed by atoms with E-state index in [1.165, 1.54) is 48.3 Å². The highest BCUT2D eigenvalue weighted by Crippen LogP contribution is 2.33. The fraction of sp³-hybridized carbons (Fsp3) is 0.333. The molecule has 0 aliphatic heterocycles. The van der Waals surface area contributed by atoms with Crippen LogP contribution in [0, 0.1) is 41.4 Å². The summed E-state index contributed by atoms with van der Waals surface area (Å²) in [5.41, 5.74) is 4.54. The van der Waals surface area contributed by atoms with E-state index in [0.29, 0.717) is 74.1 Å². The molecule has 2 amide bonds. The quantitative estimate of drug-likeness (QED) is 0.0205. The van der Waals surface area contributed by atoms with Crippen molar-refractivity contribution in [3.8, 4) is 52.3 Å². The van der Waals surface area contributed by atoms with Crippen molar-refractivity contribution in [2.75, 3.05) is 24.2 Å². The van der Waals surface area contributed by atoms with Gasteiger partial charge in [-0.2, -0.15) is 47.1 Å². The predicted molar refractivity (Wildman–Crippen MR) is 325 cm³/mol. The lowest BCUT2D eigenvalue weighted by atomic mass is 10.1. The van der Waals surface area contributed by atoms with Crippen LogP contribution < -0.4 is 44.3 Å². The van der Waals surface area contributed by atoms with Crippen LogP contribution in [0.25, 0.3) is 28.3 Å². The third-order valence-corrected chi connectivity index (χ3v) is 12.9. The molecule has 0 atom stereocenters. The maximum Gasteiger partial charge on any atom is 0.416 e. The summed E-state index contributed by atoms with van der Waals surface area (Å²) in [5.74, 6) is 4.96. The van der Waals surface area contributed by atoms with Crippen molar-refractivity contribution < 1.29 is 45.4 Å². The average molecular weight is 1250 g/mol. The Balaban J connectivity index is 0.000000287. The molecule has 0 spiro atoms. The summed E-state index contributed by atoms with van der Waals surface area (Å²) in [7, 11) is 0. The molecule has 3 heterocycles. The number of halogens is 6. The Morgan fingerprint density at radius 3 is 1.60 bits per heavy atom. The Labute approximate surface area is 512 Å². The van der Waals surface area contributed by atoms with E-state index >= 15 is 0 Å². The van der Waals surface area contributed by atoms with E-state index in [4.69, 9.17) is 25.7 Å². The number of amides is 2. The molecule has 472 valence electrons. The van der Waals surface area contributed by atoms with Crippen molar-refractivity contribution >= 4 is 29.9 Å². The molecule has 3 aromatic heterocycles. The van der Waals surface area contributed by atoms with Crippen molar-refractivity contribution in [1.29, 1.82) is 10.5 Å². The fourth-order valence-electron chi connectivity index (χ4n) is 8.79. The molecule has 27 heteroatoms. The van der Waals surface area contributed by atoms with E-state index in [1.54, 1.807) is 90.1 Å². The molecule has 0 bridgehead atoms. The van der Waals surface area contributed by atoms with E-state index in [0.717, 1.165) is 48.6 Å². The van der Waals surface area contributed by atoms with Gasteiger partial charge in [-0.25, -0.2) is 28.4 Å². The third kappa shape index (κ3) is 18.7. The van der Waals surface area contributed by atoms with Crippen LogP contribution in [0.1, 0.15) is 114 Å². The zero-order valence-electron chi connectivity index (χ0n) is 50.2. The van der Waals surface area contributed by atoms with Gasteiger partial charge in [-0.3, -0.25) is 28.7 Å². The summed E-state index contributed by atoms with van der Waals surface area (Å²) in [6.45, 7) is 12.4. The zero-order chi connectivity index (χ0) is 66.1. The topological polar surface area (TPSA) is 280 Å². The molecule has 0 radical (unpaired) electrons. The smallest absolute Gasteiger partial charge is 0.416 e.